The second-order valence-corrected chi connectivity index (χ2v) is 5.59. The van der Waals surface area contributed by atoms with Crippen molar-refractivity contribution in [2.45, 2.75) is 16.5 Å². The molecule has 1 atom stereocenters. The lowest BCUT2D eigenvalue weighted by Gasteiger charge is -2.13. The molecule has 0 aliphatic rings. The number of rotatable bonds is 3. The van der Waals surface area contributed by atoms with Crippen LogP contribution in [0.15, 0.2) is 53.4 Å². The number of halogens is 4. The summed E-state index contributed by atoms with van der Waals surface area (Å²) in [6.07, 6.45) is -0.964. The standard InChI is InChI=1S/C14H10ClF3OS/c15-12-4-2-1-3-11(12)13(19)9-5-7-10(8-6-9)20-14(16,17)18/h1-8,13,19H. The topological polar surface area (TPSA) is 20.2 Å². The van der Waals surface area contributed by atoms with Crippen LogP contribution in [0.1, 0.15) is 17.2 Å². The Balaban J connectivity index is 2.20. The van der Waals surface area contributed by atoms with Gasteiger partial charge in [0, 0.05) is 15.5 Å². The quantitative estimate of drug-likeness (QED) is 0.801. The van der Waals surface area contributed by atoms with E-state index in [2.05, 4.69) is 0 Å². The van der Waals surface area contributed by atoms with E-state index in [1.54, 1.807) is 24.3 Å². The van der Waals surface area contributed by atoms with E-state index in [0.29, 0.717) is 16.1 Å². The molecule has 1 N–H and O–H groups in total. The minimum atomic E-state index is -4.32. The second kappa shape index (κ2) is 6.08. The molecular formula is C14H10ClF3OS. The van der Waals surface area contributed by atoms with Gasteiger partial charge in [0.2, 0.25) is 0 Å². The average molecular weight is 319 g/mol. The van der Waals surface area contributed by atoms with Gasteiger partial charge < -0.3 is 5.11 Å². The van der Waals surface area contributed by atoms with Crippen molar-refractivity contribution < 1.29 is 18.3 Å². The molecule has 2 aromatic carbocycles. The first-order valence-electron chi connectivity index (χ1n) is 5.65. The van der Waals surface area contributed by atoms with Crippen LogP contribution in [0.2, 0.25) is 5.02 Å². The highest BCUT2D eigenvalue weighted by atomic mass is 35.5. The Kier molecular flexibility index (Phi) is 4.62. The molecule has 0 aromatic heterocycles. The molecule has 0 amide bonds. The maximum absolute atomic E-state index is 12.2. The van der Waals surface area contributed by atoms with Gasteiger partial charge >= 0.3 is 5.51 Å². The third kappa shape index (κ3) is 3.91. The lowest BCUT2D eigenvalue weighted by molar-refractivity contribution is -0.0328. The highest BCUT2D eigenvalue weighted by molar-refractivity contribution is 8.00. The Morgan fingerprint density at radius 3 is 2.15 bits per heavy atom. The predicted octanol–water partition coefficient (Wildman–Crippen LogP) is 5.03. The van der Waals surface area contributed by atoms with Crippen molar-refractivity contribution in [2.75, 3.05) is 0 Å². The summed E-state index contributed by atoms with van der Waals surface area (Å²) < 4.78 is 36.6. The summed E-state index contributed by atoms with van der Waals surface area (Å²) in [4.78, 5) is 0.0765. The van der Waals surface area contributed by atoms with Crippen LogP contribution >= 0.6 is 23.4 Å². The van der Waals surface area contributed by atoms with Crippen LogP contribution < -0.4 is 0 Å². The molecule has 20 heavy (non-hydrogen) atoms. The Morgan fingerprint density at radius 1 is 1.00 bits per heavy atom. The highest BCUT2D eigenvalue weighted by Gasteiger charge is 2.29. The predicted molar refractivity (Wildman–Crippen MR) is 73.9 cm³/mol. The summed E-state index contributed by atoms with van der Waals surface area (Å²) >= 11 is 5.79. The number of benzene rings is 2. The van der Waals surface area contributed by atoms with E-state index in [1.165, 1.54) is 24.3 Å². The van der Waals surface area contributed by atoms with E-state index in [4.69, 9.17) is 11.6 Å². The van der Waals surface area contributed by atoms with Crippen molar-refractivity contribution >= 4 is 23.4 Å². The molecule has 0 bridgehead atoms. The lowest BCUT2D eigenvalue weighted by Crippen LogP contribution is -2.01. The van der Waals surface area contributed by atoms with E-state index in [1.807, 2.05) is 0 Å². The maximum Gasteiger partial charge on any atom is 0.446 e. The molecule has 0 heterocycles. The average Bonchev–Trinajstić information content (AvgIpc) is 2.37. The molecule has 106 valence electrons. The summed E-state index contributed by atoms with van der Waals surface area (Å²) in [6, 6.07) is 12.4. The zero-order chi connectivity index (χ0) is 14.8. The van der Waals surface area contributed by atoms with Crippen molar-refractivity contribution in [1.29, 1.82) is 0 Å². The monoisotopic (exact) mass is 318 g/mol. The van der Waals surface area contributed by atoms with Gasteiger partial charge in [-0.05, 0) is 35.5 Å². The molecule has 2 aromatic rings. The molecule has 2 rings (SSSR count). The van der Waals surface area contributed by atoms with Crippen LogP contribution in [0.4, 0.5) is 13.2 Å². The Bertz CT molecular complexity index is 584. The summed E-state index contributed by atoms with van der Waals surface area (Å²) in [7, 11) is 0. The number of hydrogen-bond donors (Lipinski definition) is 1. The van der Waals surface area contributed by atoms with Gasteiger partial charge in [-0.15, -0.1) is 0 Å². The first-order valence-corrected chi connectivity index (χ1v) is 6.84. The van der Waals surface area contributed by atoms with E-state index in [9.17, 15) is 18.3 Å². The molecule has 0 saturated heterocycles. The normalized spacial score (nSPS) is 13.2. The molecule has 1 nitrogen and oxygen atoms in total. The molecule has 0 radical (unpaired) electrons. The van der Waals surface area contributed by atoms with Gasteiger partial charge in [-0.1, -0.05) is 41.9 Å². The van der Waals surface area contributed by atoms with Crippen LogP contribution in [-0.4, -0.2) is 10.6 Å². The van der Waals surface area contributed by atoms with Gasteiger partial charge in [-0.2, -0.15) is 13.2 Å². The van der Waals surface area contributed by atoms with E-state index in [-0.39, 0.29) is 16.7 Å². The third-order valence-corrected chi connectivity index (χ3v) is 3.71. The Labute approximate surface area is 123 Å². The molecule has 0 spiro atoms. The van der Waals surface area contributed by atoms with Crippen molar-refractivity contribution in [1.82, 2.24) is 0 Å². The first-order chi connectivity index (χ1) is 9.37. The van der Waals surface area contributed by atoms with Gasteiger partial charge in [0.1, 0.15) is 6.10 Å². The largest absolute Gasteiger partial charge is 0.446 e. The molecule has 1 unspecified atom stereocenters. The number of aliphatic hydroxyl groups is 1. The maximum atomic E-state index is 12.2. The van der Waals surface area contributed by atoms with Crippen molar-refractivity contribution in [3.8, 4) is 0 Å². The van der Waals surface area contributed by atoms with Crippen LogP contribution in [-0.2, 0) is 0 Å². The van der Waals surface area contributed by atoms with Crippen molar-refractivity contribution in [3.63, 3.8) is 0 Å². The summed E-state index contributed by atoms with van der Waals surface area (Å²) in [5, 5.41) is 10.6. The fourth-order valence-corrected chi connectivity index (χ4v) is 2.51. The number of alkyl halides is 3. The van der Waals surface area contributed by atoms with Gasteiger partial charge in [-0.3, -0.25) is 0 Å². The van der Waals surface area contributed by atoms with Crippen molar-refractivity contribution in [2.24, 2.45) is 0 Å². The van der Waals surface area contributed by atoms with E-state index >= 15 is 0 Å². The van der Waals surface area contributed by atoms with E-state index in [0.717, 1.165) is 0 Å². The fraction of sp³-hybridized carbons (Fsp3) is 0.143. The van der Waals surface area contributed by atoms with Gasteiger partial charge in [-0.25, -0.2) is 0 Å². The van der Waals surface area contributed by atoms with Crippen LogP contribution in [0.5, 0.6) is 0 Å². The van der Waals surface area contributed by atoms with Gasteiger partial charge in [0.05, 0.1) is 0 Å². The SMILES string of the molecule is OC(c1ccc(SC(F)(F)F)cc1)c1ccccc1Cl. The van der Waals surface area contributed by atoms with Crippen molar-refractivity contribution in [3.05, 3.63) is 64.7 Å². The first kappa shape index (κ1) is 15.2. The molecule has 6 heteroatoms. The second-order valence-electron chi connectivity index (χ2n) is 4.04. The van der Waals surface area contributed by atoms with Gasteiger partial charge in [0.25, 0.3) is 0 Å². The number of hydrogen-bond acceptors (Lipinski definition) is 2. The molecular weight excluding hydrogens is 309 g/mol. The minimum absolute atomic E-state index is 0.0765. The smallest absolute Gasteiger partial charge is 0.384 e. The summed E-state index contributed by atoms with van der Waals surface area (Å²) in [6.45, 7) is 0. The molecule has 0 aliphatic carbocycles. The molecule has 0 aliphatic heterocycles. The number of thioether (sulfide) groups is 1. The van der Waals surface area contributed by atoms with Crippen LogP contribution in [0.25, 0.3) is 0 Å². The lowest BCUT2D eigenvalue weighted by atomic mass is 10.0. The zero-order valence-corrected chi connectivity index (χ0v) is 11.6. The van der Waals surface area contributed by atoms with Crippen LogP contribution in [0, 0.1) is 0 Å². The summed E-state index contributed by atoms with van der Waals surface area (Å²) in [5.74, 6) is 0. The zero-order valence-electron chi connectivity index (χ0n) is 10.1. The Hall–Kier alpha value is -1.17. The van der Waals surface area contributed by atoms with Crippen LogP contribution in [0.3, 0.4) is 0 Å². The fourth-order valence-electron chi connectivity index (χ4n) is 1.73. The summed E-state index contributed by atoms with van der Waals surface area (Å²) in [5.41, 5.74) is -3.31. The molecule has 0 saturated carbocycles. The van der Waals surface area contributed by atoms with E-state index < -0.39 is 11.6 Å². The van der Waals surface area contributed by atoms with Gasteiger partial charge in [0.15, 0.2) is 0 Å². The Morgan fingerprint density at radius 2 is 1.60 bits per heavy atom. The third-order valence-electron chi connectivity index (χ3n) is 2.63. The molecule has 0 fully saturated rings. The number of aliphatic hydroxyl groups excluding tert-OH is 1. The highest BCUT2D eigenvalue weighted by Crippen LogP contribution is 2.37. The minimum Gasteiger partial charge on any atom is -0.384 e.